The van der Waals surface area contributed by atoms with Crippen molar-refractivity contribution in [2.75, 3.05) is 11.9 Å². The van der Waals surface area contributed by atoms with Crippen LogP contribution >= 0.6 is 0 Å². The summed E-state index contributed by atoms with van der Waals surface area (Å²) in [5.41, 5.74) is 1.28. The number of nitrogens with zero attached hydrogens (tertiary/aromatic N) is 1. The van der Waals surface area contributed by atoms with E-state index in [1.165, 1.54) is 6.07 Å². The Balaban J connectivity index is 1.68. The van der Waals surface area contributed by atoms with Crippen LogP contribution in [-0.4, -0.2) is 23.1 Å². The molecule has 4 rings (SSSR count). The quantitative estimate of drug-likeness (QED) is 0.680. The normalized spacial score (nSPS) is 14.7. The summed E-state index contributed by atoms with van der Waals surface area (Å²) >= 11 is 0. The summed E-state index contributed by atoms with van der Waals surface area (Å²) in [5, 5.41) is 3.36. The number of benzene rings is 1. The molecule has 1 aromatic carbocycles. The predicted molar refractivity (Wildman–Crippen MR) is 109 cm³/mol. The maximum Gasteiger partial charge on any atom is 0.336 e. The van der Waals surface area contributed by atoms with Crippen molar-refractivity contribution in [3.05, 3.63) is 58.1 Å². The number of anilines is 1. The number of rotatable bonds is 4. The molecule has 7 nitrogen and oxygen atoms in total. The number of hydrogen-bond acceptors (Lipinski definition) is 6. The zero-order valence-corrected chi connectivity index (χ0v) is 16.6. The van der Waals surface area contributed by atoms with Crippen LogP contribution < -0.4 is 20.4 Å². The molecule has 1 amide bonds. The highest BCUT2D eigenvalue weighted by atomic mass is 16.5. The number of carbonyl (C=O) groups excluding carboxylic acids is 1. The van der Waals surface area contributed by atoms with Crippen molar-refractivity contribution in [3.8, 4) is 11.5 Å². The van der Waals surface area contributed by atoms with Gasteiger partial charge in [-0.3, -0.25) is 4.79 Å². The van der Waals surface area contributed by atoms with Crippen LogP contribution in [0.5, 0.6) is 11.5 Å². The Kier molecular flexibility index (Phi) is 4.74. The Bertz CT molecular complexity index is 1140. The molecular formula is C22H22N2O5. The highest BCUT2D eigenvalue weighted by Gasteiger charge is 2.30. The van der Waals surface area contributed by atoms with Gasteiger partial charge in [0.25, 0.3) is 5.91 Å². The fourth-order valence-corrected chi connectivity index (χ4v) is 3.49. The Morgan fingerprint density at radius 3 is 2.90 bits per heavy atom. The van der Waals surface area contributed by atoms with Crippen LogP contribution in [0, 0.1) is 6.92 Å². The molecule has 150 valence electrons. The van der Waals surface area contributed by atoms with E-state index >= 15 is 0 Å². The second kappa shape index (κ2) is 7.24. The summed E-state index contributed by atoms with van der Waals surface area (Å²) < 4.78 is 17.5. The summed E-state index contributed by atoms with van der Waals surface area (Å²) in [7, 11) is 0. The van der Waals surface area contributed by atoms with Crippen molar-refractivity contribution in [2.24, 2.45) is 0 Å². The number of aromatic nitrogens is 1. The molecule has 0 atom stereocenters. The van der Waals surface area contributed by atoms with Crippen molar-refractivity contribution in [1.82, 2.24) is 4.98 Å². The zero-order chi connectivity index (χ0) is 20.6. The first-order valence-corrected chi connectivity index (χ1v) is 9.45. The summed E-state index contributed by atoms with van der Waals surface area (Å²) in [6.07, 6.45) is 3.13. The average molecular weight is 394 g/mol. The topological polar surface area (TPSA) is 90.7 Å². The lowest BCUT2D eigenvalue weighted by Crippen LogP contribution is -2.32. The van der Waals surface area contributed by atoms with Crippen molar-refractivity contribution < 1.29 is 18.7 Å². The first-order chi connectivity index (χ1) is 13.8. The average Bonchev–Trinajstić information content (AvgIpc) is 2.65. The first-order valence-electron chi connectivity index (χ1n) is 9.45. The fraction of sp³-hybridized carbons (Fsp3) is 0.318. The predicted octanol–water partition coefficient (Wildman–Crippen LogP) is 3.62. The number of fused-ring (bicyclic) bond motifs is 3. The summed E-state index contributed by atoms with van der Waals surface area (Å²) in [4.78, 5) is 28.3. The van der Waals surface area contributed by atoms with Gasteiger partial charge in [0, 0.05) is 23.9 Å². The van der Waals surface area contributed by atoms with Gasteiger partial charge in [0.1, 0.15) is 28.5 Å². The smallest absolute Gasteiger partial charge is 0.336 e. The second-order valence-electron chi connectivity index (χ2n) is 7.72. The van der Waals surface area contributed by atoms with Gasteiger partial charge in [-0.2, -0.15) is 0 Å². The number of nitrogens with one attached hydrogen (secondary N) is 1. The van der Waals surface area contributed by atoms with Gasteiger partial charge in [-0.15, -0.1) is 0 Å². The number of aryl methyl sites for hydroxylation is 2. The number of hydrogen-bond donors (Lipinski definition) is 1. The van der Waals surface area contributed by atoms with Crippen molar-refractivity contribution in [3.63, 3.8) is 0 Å². The molecule has 3 aromatic rings. The molecule has 1 aliphatic rings. The second-order valence-corrected chi connectivity index (χ2v) is 7.72. The third-order valence-corrected chi connectivity index (χ3v) is 4.89. The van der Waals surface area contributed by atoms with Gasteiger partial charge in [0.2, 0.25) is 0 Å². The monoisotopic (exact) mass is 394 g/mol. The lowest BCUT2D eigenvalue weighted by atomic mass is 9.92. The molecule has 0 bridgehead atoms. The summed E-state index contributed by atoms with van der Waals surface area (Å²) in [6.45, 7) is 5.62. The number of pyridine rings is 1. The lowest BCUT2D eigenvalue weighted by molar-refractivity contribution is -0.118. The molecule has 1 aliphatic heterocycles. The highest BCUT2D eigenvalue weighted by Crippen LogP contribution is 2.42. The minimum atomic E-state index is -0.424. The maximum atomic E-state index is 12.3. The molecule has 0 unspecified atom stereocenters. The third-order valence-electron chi connectivity index (χ3n) is 4.89. The SMILES string of the molecule is Cc1cc(=O)oc2c3c(cc(OCC(=O)Nc4ccccn4)c12)OC(C)(C)CC3. The molecule has 0 saturated carbocycles. The molecule has 0 fully saturated rings. The van der Waals surface area contributed by atoms with Gasteiger partial charge in [-0.05, 0) is 51.3 Å². The van der Waals surface area contributed by atoms with E-state index in [0.717, 1.165) is 24.0 Å². The standard InChI is InChI=1S/C22H22N2O5/c1-13-10-19(26)28-21-14-7-8-22(2,3)29-15(14)11-16(20(13)21)27-12-18(25)24-17-6-4-5-9-23-17/h4-6,9-11H,7-8,12H2,1-3H3,(H,23,24,25). The number of ether oxygens (including phenoxy) is 2. The molecule has 0 radical (unpaired) electrons. The third kappa shape index (κ3) is 3.94. The summed E-state index contributed by atoms with van der Waals surface area (Å²) in [6, 6.07) is 8.44. The molecule has 29 heavy (non-hydrogen) atoms. The van der Waals surface area contributed by atoms with Crippen molar-refractivity contribution in [2.45, 2.75) is 39.2 Å². The minimum absolute atomic E-state index is 0.216. The van der Waals surface area contributed by atoms with E-state index in [1.54, 1.807) is 30.5 Å². The van der Waals surface area contributed by atoms with Crippen LogP contribution in [0.15, 0.2) is 45.7 Å². The zero-order valence-electron chi connectivity index (χ0n) is 16.6. The first kappa shape index (κ1) is 19.0. The van der Waals surface area contributed by atoms with E-state index in [1.807, 2.05) is 20.8 Å². The Hall–Kier alpha value is -3.35. The van der Waals surface area contributed by atoms with E-state index < -0.39 is 5.63 Å². The van der Waals surface area contributed by atoms with E-state index in [-0.39, 0.29) is 18.1 Å². The van der Waals surface area contributed by atoms with Crippen LogP contribution in [0.2, 0.25) is 0 Å². The van der Waals surface area contributed by atoms with Crippen LogP contribution in [0.1, 0.15) is 31.4 Å². The maximum absolute atomic E-state index is 12.3. The molecule has 3 heterocycles. The molecular weight excluding hydrogens is 372 g/mol. The van der Waals surface area contributed by atoms with Crippen LogP contribution in [0.4, 0.5) is 5.82 Å². The molecule has 0 saturated heterocycles. The molecule has 0 spiro atoms. The van der Waals surface area contributed by atoms with E-state index in [2.05, 4.69) is 10.3 Å². The highest BCUT2D eigenvalue weighted by molar-refractivity contribution is 5.93. The largest absolute Gasteiger partial charge is 0.487 e. The van der Waals surface area contributed by atoms with Crippen LogP contribution in [0.25, 0.3) is 11.0 Å². The number of amides is 1. The fourth-order valence-electron chi connectivity index (χ4n) is 3.49. The summed E-state index contributed by atoms with van der Waals surface area (Å²) in [5.74, 6) is 1.16. The van der Waals surface area contributed by atoms with Gasteiger partial charge in [0.05, 0.1) is 5.39 Å². The van der Waals surface area contributed by atoms with Crippen molar-refractivity contribution >= 4 is 22.7 Å². The Morgan fingerprint density at radius 2 is 2.14 bits per heavy atom. The Labute approximate surface area is 167 Å². The van der Waals surface area contributed by atoms with Gasteiger partial charge in [-0.25, -0.2) is 9.78 Å². The molecule has 0 aliphatic carbocycles. The van der Waals surface area contributed by atoms with Gasteiger partial charge < -0.3 is 19.2 Å². The van der Waals surface area contributed by atoms with Gasteiger partial charge >= 0.3 is 5.63 Å². The van der Waals surface area contributed by atoms with E-state index in [4.69, 9.17) is 13.9 Å². The van der Waals surface area contributed by atoms with E-state index in [0.29, 0.717) is 28.3 Å². The number of carbonyl (C=O) groups is 1. The van der Waals surface area contributed by atoms with Crippen LogP contribution in [-0.2, 0) is 11.2 Å². The molecule has 2 aromatic heterocycles. The van der Waals surface area contributed by atoms with Gasteiger partial charge in [0.15, 0.2) is 6.61 Å². The molecule has 1 N–H and O–H groups in total. The molecule has 7 heteroatoms. The van der Waals surface area contributed by atoms with E-state index in [9.17, 15) is 9.59 Å². The van der Waals surface area contributed by atoms with Crippen LogP contribution in [0.3, 0.4) is 0 Å². The van der Waals surface area contributed by atoms with Gasteiger partial charge in [-0.1, -0.05) is 6.07 Å². The minimum Gasteiger partial charge on any atom is -0.487 e. The lowest BCUT2D eigenvalue weighted by Gasteiger charge is -2.33. The van der Waals surface area contributed by atoms with Crippen molar-refractivity contribution in [1.29, 1.82) is 0 Å². The Morgan fingerprint density at radius 1 is 1.31 bits per heavy atom.